The molecular weight excluding hydrogens is 334 g/mol. The summed E-state index contributed by atoms with van der Waals surface area (Å²) in [5.74, 6) is 2.82. The summed E-state index contributed by atoms with van der Waals surface area (Å²) in [6, 6.07) is 10.6. The number of pyridine rings is 1. The molecule has 5 heteroatoms. The van der Waals surface area contributed by atoms with Gasteiger partial charge in [0.25, 0.3) is 0 Å². The Balaban J connectivity index is 1.53. The Bertz CT molecular complexity index is 880. The highest BCUT2D eigenvalue weighted by Crippen LogP contribution is 2.31. The van der Waals surface area contributed by atoms with E-state index in [2.05, 4.69) is 65.0 Å². The highest BCUT2D eigenvalue weighted by Gasteiger charge is 2.26. The van der Waals surface area contributed by atoms with Crippen LogP contribution in [-0.2, 0) is 6.54 Å². The second kappa shape index (κ2) is 8.09. The van der Waals surface area contributed by atoms with Crippen molar-refractivity contribution in [2.75, 3.05) is 38.6 Å². The SMILES string of the molecule is CN(C)CCCn1ccnc1C1CCCN(c2nccc3ccccc23)C1. The van der Waals surface area contributed by atoms with Gasteiger partial charge in [-0.3, -0.25) is 0 Å². The zero-order chi connectivity index (χ0) is 18.6. The van der Waals surface area contributed by atoms with E-state index in [0.717, 1.165) is 38.4 Å². The van der Waals surface area contributed by atoms with E-state index in [1.165, 1.54) is 29.4 Å². The lowest BCUT2D eigenvalue weighted by Gasteiger charge is -2.34. The van der Waals surface area contributed by atoms with E-state index in [-0.39, 0.29) is 0 Å². The Morgan fingerprint density at radius 2 is 2.00 bits per heavy atom. The standard InChI is InChI=1S/C22H29N5/c1-25(2)13-6-15-26-16-12-24-21(26)19-8-5-14-27(17-19)22-20-9-4-3-7-18(20)10-11-23-22/h3-4,7,9-12,16,19H,5-6,8,13-15,17H2,1-2H3. The number of benzene rings is 1. The minimum absolute atomic E-state index is 0.467. The van der Waals surface area contributed by atoms with Crippen LogP contribution in [0.15, 0.2) is 48.9 Å². The number of hydrogen-bond donors (Lipinski definition) is 0. The molecule has 27 heavy (non-hydrogen) atoms. The van der Waals surface area contributed by atoms with E-state index in [1.54, 1.807) is 0 Å². The van der Waals surface area contributed by atoms with Crippen molar-refractivity contribution in [3.63, 3.8) is 0 Å². The average Bonchev–Trinajstić information content (AvgIpc) is 3.16. The van der Waals surface area contributed by atoms with Crippen LogP contribution in [0.2, 0.25) is 0 Å². The molecule has 0 N–H and O–H groups in total. The van der Waals surface area contributed by atoms with Crippen LogP contribution >= 0.6 is 0 Å². The van der Waals surface area contributed by atoms with Gasteiger partial charge in [0.15, 0.2) is 0 Å². The van der Waals surface area contributed by atoms with Gasteiger partial charge in [-0.05, 0) is 51.4 Å². The molecule has 1 aliphatic rings. The largest absolute Gasteiger partial charge is 0.355 e. The van der Waals surface area contributed by atoms with Crippen LogP contribution in [-0.4, -0.2) is 53.2 Å². The summed E-state index contributed by atoms with van der Waals surface area (Å²) in [6.45, 7) is 4.20. The highest BCUT2D eigenvalue weighted by atomic mass is 15.2. The van der Waals surface area contributed by atoms with Crippen molar-refractivity contribution in [3.8, 4) is 0 Å². The Hall–Kier alpha value is -2.40. The summed E-state index contributed by atoms with van der Waals surface area (Å²) < 4.78 is 2.36. The first-order valence-corrected chi connectivity index (χ1v) is 9.97. The predicted molar refractivity (Wildman–Crippen MR) is 111 cm³/mol. The molecule has 3 aromatic rings. The van der Waals surface area contributed by atoms with E-state index < -0.39 is 0 Å². The van der Waals surface area contributed by atoms with Gasteiger partial charge in [0.05, 0.1) is 0 Å². The second-order valence-corrected chi connectivity index (χ2v) is 7.78. The lowest BCUT2D eigenvalue weighted by molar-refractivity contribution is 0.380. The Morgan fingerprint density at radius 1 is 1.11 bits per heavy atom. The van der Waals surface area contributed by atoms with Crippen LogP contribution in [0.25, 0.3) is 10.8 Å². The Kier molecular flexibility index (Phi) is 5.39. The normalized spacial score (nSPS) is 17.7. The molecule has 0 radical (unpaired) electrons. The topological polar surface area (TPSA) is 37.2 Å². The maximum absolute atomic E-state index is 4.73. The van der Waals surface area contributed by atoms with Crippen molar-refractivity contribution >= 4 is 16.6 Å². The minimum Gasteiger partial charge on any atom is -0.355 e. The van der Waals surface area contributed by atoms with Crippen molar-refractivity contribution in [2.24, 2.45) is 0 Å². The summed E-state index contributed by atoms with van der Waals surface area (Å²) in [5, 5.41) is 2.50. The van der Waals surface area contributed by atoms with Crippen molar-refractivity contribution in [3.05, 3.63) is 54.7 Å². The molecule has 1 fully saturated rings. The van der Waals surface area contributed by atoms with Crippen LogP contribution in [0.3, 0.4) is 0 Å². The fourth-order valence-electron chi connectivity index (χ4n) is 4.16. The van der Waals surface area contributed by atoms with Crippen molar-refractivity contribution in [1.29, 1.82) is 0 Å². The quantitative estimate of drug-likeness (QED) is 0.668. The predicted octanol–water partition coefficient (Wildman–Crippen LogP) is 3.77. The van der Waals surface area contributed by atoms with Gasteiger partial charge in [0.2, 0.25) is 0 Å². The van der Waals surface area contributed by atoms with Crippen LogP contribution in [0, 0.1) is 0 Å². The number of aryl methyl sites for hydroxylation is 1. The molecule has 1 unspecified atom stereocenters. The number of anilines is 1. The van der Waals surface area contributed by atoms with E-state index >= 15 is 0 Å². The summed E-state index contributed by atoms with van der Waals surface area (Å²) in [4.78, 5) is 14.2. The number of fused-ring (bicyclic) bond motifs is 1. The molecule has 1 aromatic carbocycles. The number of piperidine rings is 1. The monoisotopic (exact) mass is 363 g/mol. The molecule has 0 bridgehead atoms. The van der Waals surface area contributed by atoms with Gasteiger partial charge in [-0.2, -0.15) is 0 Å². The van der Waals surface area contributed by atoms with Gasteiger partial charge in [-0.1, -0.05) is 24.3 Å². The third-order valence-electron chi connectivity index (χ3n) is 5.49. The van der Waals surface area contributed by atoms with Gasteiger partial charge in [0.1, 0.15) is 11.6 Å². The van der Waals surface area contributed by atoms with Crippen LogP contribution in [0.4, 0.5) is 5.82 Å². The maximum atomic E-state index is 4.73. The Morgan fingerprint density at radius 3 is 2.89 bits per heavy atom. The maximum Gasteiger partial charge on any atom is 0.136 e. The third kappa shape index (κ3) is 3.98. The number of imidazole rings is 1. The van der Waals surface area contributed by atoms with Gasteiger partial charge in [-0.25, -0.2) is 9.97 Å². The van der Waals surface area contributed by atoms with Gasteiger partial charge >= 0.3 is 0 Å². The van der Waals surface area contributed by atoms with E-state index in [1.807, 2.05) is 12.4 Å². The van der Waals surface area contributed by atoms with Crippen molar-refractivity contribution in [2.45, 2.75) is 31.7 Å². The van der Waals surface area contributed by atoms with E-state index in [4.69, 9.17) is 9.97 Å². The van der Waals surface area contributed by atoms with Crippen LogP contribution in [0.1, 0.15) is 31.0 Å². The first kappa shape index (κ1) is 18.0. The van der Waals surface area contributed by atoms with Crippen LogP contribution in [0.5, 0.6) is 0 Å². The molecule has 5 nitrogen and oxygen atoms in total. The molecule has 142 valence electrons. The van der Waals surface area contributed by atoms with Gasteiger partial charge in [-0.15, -0.1) is 0 Å². The minimum atomic E-state index is 0.467. The fourth-order valence-corrected chi connectivity index (χ4v) is 4.16. The van der Waals surface area contributed by atoms with E-state index in [0.29, 0.717) is 5.92 Å². The third-order valence-corrected chi connectivity index (χ3v) is 5.49. The fraction of sp³-hybridized carbons (Fsp3) is 0.455. The molecule has 0 saturated carbocycles. The zero-order valence-electron chi connectivity index (χ0n) is 16.4. The first-order valence-electron chi connectivity index (χ1n) is 9.97. The van der Waals surface area contributed by atoms with Crippen LogP contribution < -0.4 is 4.90 Å². The number of nitrogens with zero attached hydrogens (tertiary/aromatic N) is 5. The summed E-state index contributed by atoms with van der Waals surface area (Å²) in [5.41, 5.74) is 0. The van der Waals surface area contributed by atoms with E-state index in [9.17, 15) is 0 Å². The summed E-state index contributed by atoms with van der Waals surface area (Å²) >= 11 is 0. The summed E-state index contributed by atoms with van der Waals surface area (Å²) in [7, 11) is 4.26. The number of hydrogen-bond acceptors (Lipinski definition) is 4. The zero-order valence-corrected chi connectivity index (χ0v) is 16.4. The molecular formula is C22H29N5. The van der Waals surface area contributed by atoms with Gasteiger partial charge in [0, 0.05) is 49.5 Å². The molecule has 1 aliphatic heterocycles. The molecule has 0 aliphatic carbocycles. The Labute approximate surface area is 161 Å². The molecule has 4 rings (SSSR count). The molecule has 0 spiro atoms. The molecule has 1 atom stereocenters. The first-order chi connectivity index (χ1) is 13.2. The second-order valence-electron chi connectivity index (χ2n) is 7.78. The molecule has 2 aromatic heterocycles. The highest BCUT2D eigenvalue weighted by molar-refractivity contribution is 5.92. The lowest BCUT2D eigenvalue weighted by Crippen LogP contribution is -2.36. The summed E-state index contributed by atoms with van der Waals surface area (Å²) in [6.07, 6.45) is 9.56. The molecule has 0 amide bonds. The van der Waals surface area contributed by atoms with Gasteiger partial charge < -0.3 is 14.4 Å². The molecule has 3 heterocycles. The smallest absolute Gasteiger partial charge is 0.136 e. The average molecular weight is 364 g/mol. The molecule has 1 saturated heterocycles. The van der Waals surface area contributed by atoms with Crippen molar-refractivity contribution < 1.29 is 0 Å². The van der Waals surface area contributed by atoms with Crippen molar-refractivity contribution in [1.82, 2.24) is 19.4 Å². The number of aromatic nitrogens is 3. The lowest BCUT2D eigenvalue weighted by atomic mass is 9.96. The number of rotatable bonds is 6.